The number of anilines is 1. The molecule has 1 N–H and O–H groups in total. The summed E-state index contributed by atoms with van der Waals surface area (Å²) in [5.74, 6) is 0.418. The van der Waals surface area contributed by atoms with Crippen molar-refractivity contribution < 1.29 is 14.3 Å². The van der Waals surface area contributed by atoms with Gasteiger partial charge in [0.1, 0.15) is 12.4 Å². The van der Waals surface area contributed by atoms with Crippen LogP contribution in [0.2, 0.25) is 5.02 Å². The molecule has 2 heterocycles. The molecule has 0 bridgehead atoms. The Hall–Kier alpha value is -2.51. The number of halogens is 1. The Morgan fingerprint density at radius 2 is 2.07 bits per heavy atom. The molecule has 0 saturated carbocycles. The number of carbonyl (C=O) groups is 2. The third-order valence-electron chi connectivity index (χ3n) is 4.52. The summed E-state index contributed by atoms with van der Waals surface area (Å²) < 4.78 is 4.90. The van der Waals surface area contributed by atoms with Gasteiger partial charge >= 0.3 is 0 Å². The van der Waals surface area contributed by atoms with Gasteiger partial charge in [0.25, 0.3) is 5.91 Å². The molecule has 1 aliphatic rings. The maximum Gasteiger partial charge on any atom is 0.259 e. The highest BCUT2D eigenvalue weighted by Gasteiger charge is 2.29. The smallest absolute Gasteiger partial charge is 0.259 e. The Kier molecular flexibility index (Phi) is 6.03. The van der Waals surface area contributed by atoms with Gasteiger partial charge in [-0.1, -0.05) is 11.6 Å². The van der Waals surface area contributed by atoms with Crippen LogP contribution in [-0.4, -0.2) is 53.5 Å². The number of rotatable bonds is 5. The highest BCUT2D eigenvalue weighted by atomic mass is 35.5. The predicted molar refractivity (Wildman–Crippen MR) is 102 cm³/mol. The van der Waals surface area contributed by atoms with Gasteiger partial charge in [0.05, 0.1) is 11.3 Å². The summed E-state index contributed by atoms with van der Waals surface area (Å²) in [7, 11) is 1.51. The third kappa shape index (κ3) is 4.61. The van der Waals surface area contributed by atoms with E-state index in [1.807, 2.05) is 0 Å². The van der Waals surface area contributed by atoms with Crippen molar-refractivity contribution >= 4 is 29.1 Å². The van der Waals surface area contributed by atoms with E-state index in [0.717, 1.165) is 6.42 Å². The summed E-state index contributed by atoms with van der Waals surface area (Å²) in [5, 5.41) is 3.41. The monoisotopic (exact) mass is 388 g/mol. The fourth-order valence-corrected chi connectivity index (χ4v) is 3.17. The number of aryl methyl sites for hydroxylation is 1. The molecular weight excluding hydrogens is 368 g/mol. The first-order chi connectivity index (χ1) is 13.0. The summed E-state index contributed by atoms with van der Waals surface area (Å²) in [6.45, 7) is 3.09. The van der Waals surface area contributed by atoms with E-state index in [2.05, 4.69) is 15.3 Å². The minimum Gasteiger partial charge on any atom is -0.375 e. The molecule has 27 heavy (non-hydrogen) atoms. The van der Waals surface area contributed by atoms with E-state index < -0.39 is 0 Å². The van der Waals surface area contributed by atoms with Crippen LogP contribution in [0.4, 0.5) is 5.69 Å². The standard InChI is InChI=1S/C19H21ClN4O3/c1-12-16(19(26)23-15-5-3-14(20)4-6-15)9-21-18(22-12)13-7-8-24(10-13)17(25)11-27-2/h3-6,9,13H,7-8,10-11H2,1-2H3,(H,23,26). The molecule has 1 aliphatic heterocycles. The van der Waals surface area contributed by atoms with E-state index in [9.17, 15) is 9.59 Å². The van der Waals surface area contributed by atoms with Crippen molar-refractivity contribution in [1.29, 1.82) is 0 Å². The zero-order chi connectivity index (χ0) is 19.4. The number of carbonyl (C=O) groups excluding carboxylic acids is 2. The molecule has 3 rings (SSSR count). The van der Waals surface area contributed by atoms with Crippen molar-refractivity contribution in [3.63, 3.8) is 0 Å². The number of amides is 2. The topological polar surface area (TPSA) is 84.4 Å². The molecule has 2 aromatic rings. The molecule has 142 valence electrons. The van der Waals surface area contributed by atoms with E-state index >= 15 is 0 Å². The van der Waals surface area contributed by atoms with E-state index in [1.54, 1.807) is 42.3 Å². The lowest BCUT2D eigenvalue weighted by Gasteiger charge is -2.16. The molecule has 1 aromatic carbocycles. The maximum atomic E-state index is 12.5. The molecule has 1 atom stereocenters. The minimum atomic E-state index is -0.273. The number of nitrogens with zero attached hydrogens (tertiary/aromatic N) is 3. The molecule has 1 saturated heterocycles. The maximum absolute atomic E-state index is 12.5. The zero-order valence-corrected chi connectivity index (χ0v) is 16.0. The summed E-state index contributed by atoms with van der Waals surface area (Å²) in [6.07, 6.45) is 2.34. The van der Waals surface area contributed by atoms with Crippen LogP contribution in [0.3, 0.4) is 0 Å². The van der Waals surface area contributed by atoms with E-state index in [0.29, 0.717) is 40.9 Å². The summed E-state index contributed by atoms with van der Waals surface area (Å²) in [4.78, 5) is 35.0. The Labute approximate surface area is 162 Å². The molecule has 1 aromatic heterocycles. The van der Waals surface area contributed by atoms with E-state index in [4.69, 9.17) is 16.3 Å². The van der Waals surface area contributed by atoms with Crippen molar-refractivity contribution in [3.05, 3.63) is 52.6 Å². The van der Waals surface area contributed by atoms with Gasteiger partial charge in [0.15, 0.2) is 0 Å². The van der Waals surface area contributed by atoms with Gasteiger partial charge in [-0.3, -0.25) is 9.59 Å². The average molecular weight is 389 g/mol. The molecule has 0 radical (unpaired) electrons. The Bertz CT molecular complexity index is 841. The molecule has 8 heteroatoms. The average Bonchev–Trinajstić information content (AvgIpc) is 3.14. The highest BCUT2D eigenvalue weighted by molar-refractivity contribution is 6.30. The second-order valence-corrected chi connectivity index (χ2v) is 6.88. The number of benzene rings is 1. The Morgan fingerprint density at radius 1 is 1.33 bits per heavy atom. The second kappa shape index (κ2) is 8.45. The second-order valence-electron chi connectivity index (χ2n) is 6.45. The fourth-order valence-electron chi connectivity index (χ4n) is 3.05. The van der Waals surface area contributed by atoms with Crippen LogP contribution in [0.5, 0.6) is 0 Å². The van der Waals surface area contributed by atoms with Crippen molar-refractivity contribution in [2.45, 2.75) is 19.3 Å². The summed E-state index contributed by atoms with van der Waals surface area (Å²) >= 11 is 5.85. The van der Waals surface area contributed by atoms with Crippen LogP contribution < -0.4 is 5.32 Å². The van der Waals surface area contributed by atoms with Crippen LogP contribution in [0, 0.1) is 6.92 Å². The molecular formula is C19H21ClN4O3. The number of nitrogens with one attached hydrogen (secondary N) is 1. The van der Waals surface area contributed by atoms with Gasteiger partial charge in [-0.15, -0.1) is 0 Å². The van der Waals surface area contributed by atoms with Gasteiger partial charge in [-0.2, -0.15) is 0 Å². The first-order valence-corrected chi connectivity index (χ1v) is 9.03. The summed E-state index contributed by atoms with van der Waals surface area (Å²) in [5.41, 5.74) is 1.67. The van der Waals surface area contributed by atoms with Crippen molar-refractivity contribution in [1.82, 2.24) is 14.9 Å². The minimum absolute atomic E-state index is 0.0318. The van der Waals surface area contributed by atoms with Gasteiger partial charge in [0.2, 0.25) is 5.91 Å². The SMILES string of the molecule is COCC(=O)N1CCC(c2ncc(C(=O)Nc3ccc(Cl)cc3)c(C)n2)C1. The van der Waals surface area contributed by atoms with Crippen molar-refractivity contribution in [2.24, 2.45) is 0 Å². The fraction of sp³-hybridized carbons (Fsp3) is 0.368. The van der Waals surface area contributed by atoms with Gasteiger partial charge < -0.3 is 15.0 Å². The number of hydrogen-bond donors (Lipinski definition) is 1. The first-order valence-electron chi connectivity index (χ1n) is 8.65. The molecule has 1 fully saturated rings. The van der Waals surface area contributed by atoms with Crippen molar-refractivity contribution in [3.8, 4) is 0 Å². The molecule has 0 aliphatic carbocycles. The zero-order valence-electron chi connectivity index (χ0n) is 15.2. The molecule has 2 amide bonds. The van der Waals surface area contributed by atoms with Crippen LogP contribution in [0.25, 0.3) is 0 Å². The predicted octanol–water partition coefficient (Wildman–Crippen LogP) is 2.65. The quantitative estimate of drug-likeness (QED) is 0.851. The Balaban J connectivity index is 1.68. The first kappa shape index (κ1) is 19.3. The number of likely N-dealkylation sites (tertiary alicyclic amines) is 1. The Morgan fingerprint density at radius 3 is 2.74 bits per heavy atom. The van der Waals surface area contributed by atoms with Gasteiger partial charge in [-0.25, -0.2) is 9.97 Å². The number of ether oxygens (including phenoxy) is 1. The lowest BCUT2D eigenvalue weighted by molar-refractivity contribution is -0.134. The van der Waals surface area contributed by atoms with Crippen LogP contribution >= 0.6 is 11.6 Å². The number of methoxy groups -OCH3 is 1. The highest BCUT2D eigenvalue weighted by Crippen LogP contribution is 2.25. The number of hydrogen-bond acceptors (Lipinski definition) is 5. The lowest BCUT2D eigenvalue weighted by atomic mass is 10.1. The molecule has 7 nitrogen and oxygen atoms in total. The summed E-state index contributed by atoms with van der Waals surface area (Å²) in [6, 6.07) is 6.88. The van der Waals surface area contributed by atoms with Gasteiger partial charge in [-0.05, 0) is 37.6 Å². The van der Waals surface area contributed by atoms with Crippen LogP contribution in [-0.2, 0) is 9.53 Å². The lowest BCUT2D eigenvalue weighted by Crippen LogP contribution is -2.31. The van der Waals surface area contributed by atoms with Gasteiger partial charge in [0, 0.05) is 43.0 Å². The number of aromatic nitrogens is 2. The van der Waals surface area contributed by atoms with Crippen LogP contribution in [0.1, 0.15) is 34.2 Å². The van der Waals surface area contributed by atoms with E-state index in [-0.39, 0.29) is 24.3 Å². The normalized spacial score (nSPS) is 16.4. The third-order valence-corrected chi connectivity index (χ3v) is 4.77. The van der Waals surface area contributed by atoms with Crippen molar-refractivity contribution in [2.75, 3.05) is 32.1 Å². The molecule has 0 spiro atoms. The molecule has 1 unspecified atom stereocenters. The van der Waals surface area contributed by atoms with E-state index in [1.165, 1.54) is 7.11 Å². The van der Waals surface area contributed by atoms with Crippen LogP contribution in [0.15, 0.2) is 30.5 Å². The largest absolute Gasteiger partial charge is 0.375 e.